The van der Waals surface area contributed by atoms with Crippen LogP contribution >= 0.6 is 0 Å². The zero-order valence-corrected chi connectivity index (χ0v) is 9.96. The highest BCUT2D eigenvalue weighted by Gasteiger charge is 2.27. The van der Waals surface area contributed by atoms with Crippen molar-refractivity contribution in [1.82, 2.24) is 15.3 Å². The quantitative estimate of drug-likeness (QED) is 0.557. The number of hydrogen-bond acceptors (Lipinski definition) is 5. The number of benzene rings is 1. The van der Waals surface area contributed by atoms with Gasteiger partial charge in [0.1, 0.15) is 5.75 Å². The van der Waals surface area contributed by atoms with E-state index in [0.29, 0.717) is 5.56 Å². The molecule has 0 saturated heterocycles. The number of imidazole rings is 1. The maximum absolute atomic E-state index is 10.8. The number of aromatic nitrogens is 2. The van der Waals surface area contributed by atoms with Crippen LogP contribution in [-0.2, 0) is 6.42 Å². The molecule has 3 rings (SSSR count). The predicted octanol–water partition coefficient (Wildman–Crippen LogP) is 1.26. The van der Waals surface area contributed by atoms with Crippen LogP contribution in [0.1, 0.15) is 23.0 Å². The van der Waals surface area contributed by atoms with Crippen LogP contribution < -0.4 is 5.32 Å². The summed E-state index contributed by atoms with van der Waals surface area (Å²) in [5.74, 6) is 0.0268. The fraction of sp³-hybridized carbons (Fsp3) is 0.250. The summed E-state index contributed by atoms with van der Waals surface area (Å²) < 4.78 is 0. The molecule has 0 unspecified atom stereocenters. The number of rotatable bonds is 2. The van der Waals surface area contributed by atoms with Crippen LogP contribution in [0.15, 0.2) is 24.5 Å². The number of nitro benzene ring substituents is 1. The zero-order valence-electron chi connectivity index (χ0n) is 9.96. The van der Waals surface area contributed by atoms with Gasteiger partial charge in [0.05, 0.1) is 23.0 Å². The van der Waals surface area contributed by atoms with Crippen molar-refractivity contribution in [3.05, 3.63) is 51.6 Å². The molecule has 0 fully saturated rings. The number of aromatic hydroxyl groups is 1. The van der Waals surface area contributed by atoms with E-state index in [1.807, 2.05) is 0 Å². The maximum atomic E-state index is 10.8. The second-order valence-electron chi connectivity index (χ2n) is 4.40. The Balaban J connectivity index is 2.08. The molecule has 0 spiro atoms. The fourth-order valence-electron chi connectivity index (χ4n) is 2.36. The van der Waals surface area contributed by atoms with Crippen molar-refractivity contribution in [3.8, 4) is 5.75 Å². The van der Waals surface area contributed by atoms with Crippen molar-refractivity contribution in [2.75, 3.05) is 6.54 Å². The molecule has 2 aromatic rings. The van der Waals surface area contributed by atoms with E-state index >= 15 is 0 Å². The van der Waals surface area contributed by atoms with Gasteiger partial charge in [-0.2, -0.15) is 0 Å². The average molecular weight is 260 g/mol. The largest absolute Gasteiger partial charge is 0.508 e. The third kappa shape index (κ3) is 1.93. The lowest BCUT2D eigenvalue weighted by Crippen LogP contribution is -2.30. The molecule has 98 valence electrons. The Morgan fingerprint density at radius 3 is 3.11 bits per heavy atom. The van der Waals surface area contributed by atoms with Gasteiger partial charge in [-0.05, 0) is 6.07 Å². The minimum Gasteiger partial charge on any atom is -0.508 e. The molecule has 19 heavy (non-hydrogen) atoms. The number of phenols is 1. The molecule has 0 bridgehead atoms. The second-order valence-corrected chi connectivity index (χ2v) is 4.40. The first kappa shape index (κ1) is 11.7. The van der Waals surface area contributed by atoms with Gasteiger partial charge >= 0.3 is 0 Å². The van der Waals surface area contributed by atoms with Crippen molar-refractivity contribution in [3.63, 3.8) is 0 Å². The van der Waals surface area contributed by atoms with Gasteiger partial charge in [-0.3, -0.25) is 10.1 Å². The number of nitrogens with zero attached hydrogens (tertiary/aromatic N) is 2. The monoisotopic (exact) mass is 260 g/mol. The third-order valence-electron chi connectivity index (χ3n) is 3.28. The first-order valence-corrected chi connectivity index (χ1v) is 5.89. The van der Waals surface area contributed by atoms with Gasteiger partial charge in [0.25, 0.3) is 5.69 Å². The normalized spacial score (nSPS) is 18.0. The van der Waals surface area contributed by atoms with Crippen LogP contribution in [0.2, 0.25) is 0 Å². The Hall–Kier alpha value is -2.41. The Bertz CT molecular complexity index is 638. The van der Waals surface area contributed by atoms with E-state index in [9.17, 15) is 15.2 Å². The number of nitro groups is 1. The minimum absolute atomic E-state index is 0.0268. The van der Waals surface area contributed by atoms with E-state index in [2.05, 4.69) is 15.3 Å². The summed E-state index contributed by atoms with van der Waals surface area (Å²) in [7, 11) is 0. The Morgan fingerprint density at radius 1 is 1.47 bits per heavy atom. The van der Waals surface area contributed by atoms with Crippen LogP contribution in [0, 0.1) is 10.1 Å². The van der Waals surface area contributed by atoms with E-state index in [1.54, 1.807) is 6.33 Å². The highest BCUT2D eigenvalue weighted by atomic mass is 16.6. The lowest BCUT2D eigenvalue weighted by Gasteiger charge is -2.23. The molecule has 7 heteroatoms. The minimum atomic E-state index is -0.475. The van der Waals surface area contributed by atoms with Gasteiger partial charge in [-0.25, -0.2) is 4.98 Å². The van der Waals surface area contributed by atoms with Gasteiger partial charge in [0.2, 0.25) is 0 Å². The molecular formula is C12H12N4O3. The molecule has 0 radical (unpaired) electrons. The van der Waals surface area contributed by atoms with Crippen molar-refractivity contribution in [1.29, 1.82) is 0 Å². The molecule has 0 saturated carbocycles. The van der Waals surface area contributed by atoms with Gasteiger partial charge in [0, 0.05) is 36.4 Å². The number of phenolic OH excluding ortho intramolecular Hbond substituents is 1. The van der Waals surface area contributed by atoms with Gasteiger partial charge in [0.15, 0.2) is 0 Å². The Labute approximate surface area is 108 Å². The standard InChI is InChI=1S/C12H12N4O3/c17-10-2-1-7(16(18)19)5-8(10)11-12-9(3-4-13-11)14-6-15-12/h1-2,5-6,11,13,17H,3-4H2,(H,14,15)/t11-/m1/s1. The summed E-state index contributed by atoms with van der Waals surface area (Å²) >= 11 is 0. The molecule has 2 heterocycles. The molecule has 1 aromatic heterocycles. The van der Waals surface area contributed by atoms with Crippen LogP contribution in [0.4, 0.5) is 5.69 Å². The van der Waals surface area contributed by atoms with Crippen LogP contribution in [0.5, 0.6) is 5.75 Å². The number of hydrogen-bond donors (Lipinski definition) is 3. The number of aromatic amines is 1. The summed E-state index contributed by atoms with van der Waals surface area (Å²) in [5, 5.41) is 24.0. The third-order valence-corrected chi connectivity index (χ3v) is 3.28. The van der Waals surface area contributed by atoms with Crippen LogP contribution in [0.25, 0.3) is 0 Å². The highest BCUT2D eigenvalue weighted by molar-refractivity contribution is 5.48. The highest BCUT2D eigenvalue weighted by Crippen LogP contribution is 2.34. The van der Waals surface area contributed by atoms with Crippen LogP contribution in [-0.4, -0.2) is 26.5 Å². The first-order valence-electron chi connectivity index (χ1n) is 5.89. The lowest BCUT2D eigenvalue weighted by molar-refractivity contribution is -0.385. The summed E-state index contributed by atoms with van der Waals surface area (Å²) in [4.78, 5) is 17.6. The molecule has 1 aliphatic rings. The number of H-pyrrole nitrogens is 1. The van der Waals surface area contributed by atoms with Gasteiger partial charge in [-0.1, -0.05) is 0 Å². The number of non-ortho nitro benzene ring substituents is 1. The summed E-state index contributed by atoms with van der Waals surface area (Å²) in [6.45, 7) is 0.724. The summed E-state index contributed by atoms with van der Waals surface area (Å²) in [6.07, 6.45) is 2.42. The van der Waals surface area contributed by atoms with Gasteiger partial charge in [-0.15, -0.1) is 0 Å². The van der Waals surface area contributed by atoms with E-state index in [0.717, 1.165) is 24.4 Å². The smallest absolute Gasteiger partial charge is 0.270 e. The molecule has 1 aromatic carbocycles. The molecule has 1 aliphatic heterocycles. The molecule has 7 nitrogen and oxygen atoms in total. The van der Waals surface area contributed by atoms with Crippen molar-refractivity contribution >= 4 is 5.69 Å². The van der Waals surface area contributed by atoms with Crippen molar-refractivity contribution in [2.24, 2.45) is 0 Å². The Morgan fingerprint density at radius 2 is 2.32 bits per heavy atom. The lowest BCUT2D eigenvalue weighted by atomic mass is 9.97. The fourth-order valence-corrected chi connectivity index (χ4v) is 2.36. The van der Waals surface area contributed by atoms with E-state index < -0.39 is 4.92 Å². The van der Waals surface area contributed by atoms with Gasteiger partial charge < -0.3 is 15.4 Å². The molecule has 3 N–H and O–H groups in total. The maximum Gasteiger partial charge on any atom is 0.270 e. The zero-order chi connectivity index (χ0) is 13.4. The number of nitrogens with one attached hydrogen (secondary N) is 2. The second kappa shape index (κ2) is 4.36. The number of fused-ring (bicyclic) bond motifs is 1. The van der Waals surface area contributed by atoms with Crippen LogP contribution in [0.3, 0.4) is 0 Å². The summed E-state index contributed by atoms with van der Waals surface area (Å²) in [6, 6.07) is 3.69. The first-order chi connectivity index (χ1) is 9.16. The topological polar surface area (TPSA) is 104 Å². The molecular weight excluding hydrogens is 248 g/mol. The molecule has 0 amide bonds. The SMILES string of the molecule is O=[N+]([O-])c1ccc(O)c([C@H]2NCCc3[nH]cnc32)c1. The molecule has 1 atom stereocenters. The summed E-state index contributed by atoms with van der Waals surface area (Å²) in [5.41, 5.74) is 2.20. The van der Waals surface area contributed by atoms with E-state index in [-0.39, 0.29) is 17.5 Å². The van der Waals surface area contributed by atoms with Crippen molar-refractivity contribution < 1.29 is 10.0 Å². The molecule has 0 aliphatic carbocycles. The van der Waals surface area contributed by atoms with E-state index in [4.69, 9.17) is 0 Å². The van der Waals surface area contributed by atoms with Crippen molar-refractivity contribution in [2.45, 2.75) is 12.5 Å². The predicted molar refractivity (Wildman–Crippen MR) is 66.9 cm³/mol. The Kier molecular flexibility index (Phi) is 2.68. The average Bonchev–Trinajstić information content (AvgIpc) is 2.87. The van der Waals surface area contributed by atoms with E-state index in [1.165, 1.54) is 18.2 Å².